The number of nitrogens with zero attached hydrogens (tertiary/aromatic N) is 1. The standard InChI is InChI=1S/C15H24ClN.C2H6/c1-11(2)10-15(17(4)5)12(3)13-6-8-14(16)9-7-13;1-2/h6-9,11-12,15H,10H2,1-5H3;1-2H3. The van der Waals surface area contributed by atoms with Crippen molar-refractivity contribution < 1.29 is 0 Å². The van der Waals surface area contributed by atoms with Crippen molar-refractivity contribution in [1.29, 1.82) is 0 Å². The maximum atomic E-state index is 5.93. The first kappa shape index (κ1) is 18.5. The van der Waals surface area contributed by atoms with Crippen molar-refractivity contribution in [3.63, 3.8) is 0 Å². The second-order valence-electron chi connectivity index (χ2n) is 5.50. The SMILES string of the molecule is CC.CC(C)CC(C(C)c1ccc(Cl)cc1)N(C)C. The second kappa shape index (κ2) is 9.39. The number of halogens is 1. The largest absolute Gasteiger partial charge is 0.306 e. The molecule has 0 N–H and O–H groups in total. The summed E-state index contributed by atoms with van der Waals surface area (Å²) < 4.78 is 0. The van der Waals surface area contributed by atoms with Gasteiger partial charge in [-0.05, 0) is 50.0 Å². The third-order valence-corrected chi connectivity index (χ3v) is 3.60. The van der Waals surface area contributed by atoms with Gasteiger partial charge in [0.25, 0.3) is 0 Å². The Kier molecular flexibility index (Phi) is 9.12. The smallest absolute Gasteiger partial charge is 0.0406 e. The lowest BCUT2D eigenvalue weighted by Gasteiger charge is -2.32. The van der Waals surface area contributed by atoms with Crippen LogP contribution in [-0.2, 0) is 0 Å². The van der Waals surface area contributed by atoms with E-state index in [4.69, 9.17) is 11.6 Å². The maximum absolute atomic E-state index is 5.93. The predicted molar refractivity (Wildman–Crippen MR) is 88.1 cm³/mol. The van der Waals surface area contributed by atoms with E-state index in [0.717, 1.165) is 10.9 Å². The van der Waals surface area contributed by atoms with Crippen molar-refractivity contribution in [2.45, 2.75) is 53.0 Å². The fraction of sp³-hybridized carbons (Fsp3) is 0.647. The van der Waals surface area contributed by atoms with Crippen molar-refractivity contribution in [2.24, 2.45) is 5.92 Å². The first-order chi connectivity index (χ1) is 8.91. The molecule has 1 aromatic carbocycles. The Labute approximate surface area is 125 Å². The molecule has 0 saturated heterocycles. The zero-order chi connectivity index (χ0) is 15.0. The molecular formula is C17H30ClN. The van der Waals surface area contributed by atoms with E-state index in [-0.39, 0.29) is 0 Å². The number of likely N-dealkylation sites (N-methyl/N-ethyl adjacent to an activating group) is 1. The topological polar surface area (TPSA) is 3.24 Å². The van der Waals surface area contributed by atoms with Gasteiger partial charge in [0, 0.05) is 11.1 Å². The lowest BCUT2D eigenvalue weighted by Crippen LogP contribution is -2.34. The van der Waals surface area contributed by atoms with E-state index in [1.165, 1.54) is 12.0 Å². The molecule has 110 valence electrons. The van der Waals surface area contributed by atoms with Crippen LogP contribution in [0.3, 0.4) is 0 Å². The number of hydrogen-bond acceptors (Lipinski definition) is 1. The molecule has 0 aliphatic heterocycles. The summed E-state index contributed by atoms with van der Waals surface area (Å²) in [4.78, 5) is 2.33. The molecule has 0 radical (unpaired) electrons. The summed E-state index contributed by atoms with van der Waals surface area (Å²) in [5.74, 6) is 1.25. The molecule has 0 heterocycles. The van der Waals surface area contributed by atoms with Crippen LogP contribution in [0.4, 0.5) is 0 Å². The molecule has 0 fully saturated rings. The summed E-state index contributed by atoms with van der Waals surface area (Å²) >= 11 is 5.93. The predicted octanol–water partition coefficient (Wildman–Crippen LogP) is 5.45. The van der Waals surface area contributed by atoms with E-state index in [0.29, 0.717) is 12.0 Å². The Morgan fingerprint density at radius 1 is 1.00 bits per heavy atom. The van der Waals surface area contributed by atoms with Crippen LogP contribution in [0.25, 0.3) is 0 Å². The Bertz CT molecular complexity index is 330. The molecule has 0 aromatic heterocycles. The van der Waals surface area contributed by atoms with Crippen LogP contribution in [0, 0.1) is 5.92 Å². The van der Waals surface area contributed by atoms with Gasteiger partial charge in [0.2, 0.25) is 0 Å². The summed E-state index contributed by atoms with van der Waals surface area (Å²) in [6.45, 7) is 10.9. The van der Waals surface area contributed by atoms with Crippen LogP contribution in [0.1, 0.15) is 52.5 Å². The van der Waals surface area contributed by atoms with Gasteiger partial charge in [-0.1, -0.05) is 58.4 Å². The van der Waals surface area contributed by atoms with E-state index < -0.39 is 0 Å². The molecule has 0 spiro atoms. The van der Waals surface area contributed by atoms with E-state index in [2.05, 4.69) is 51.9 Å². The van der Waals surface area contributed by atoms with Crippen LogP contribution in [-0.4, -0.2) is 25.0 Å². The molecule has 2 heteroatoms. The highest BCUT2D eigenvalue weighted by atomic mass is 35.5. The molecule has 0 saturated carbocycles. The lowest BCUT2D eigenvalue weighted by molar-refractivity contribution is 0.225. The fourth-order valence-electron chi connectivity index (χ4n) is 2.33. The summed E-state index contributed by atoms with van der Waals surface area (Å²) in [7, 11) is 4.33. The van der Waals surface area contributed by atoms with Crippen LogP contribution in [0.5, 0.6) is 0 Å². The first-order valence-electron chi connectivity index (χ1n) is 7.33. The van der Waals surface area contributed by atoms with Gasteiger partial charge in [0.15, 0.2) is 0 Å². The van der Waals surface area contributed by atoms with Gasteiger partial charge in [0.05, 0.1) is 0 Å². The van der Waals surface area contributed by atoms with Crippen molar-refractivity contribution in [3.05, 3.63) is 34.9 Å². The first-order valence-corrected chi connectivity index (χ1v) is 7.71. The highest BCUT2D eigenvalue weighted by Gasteiger charge is 2.21. The summed E-state index contributed by atoms with van der Waals surface area (Å²) in [5, 5.41) is 0.811. The third kappa shape index (κ3) is 6.44. The molecule has 2 unspecified atom stereocenters. The Morgan fingerprint density at radius 2 is 1.47 bits per heavy atom. The van der Waals surface area contributed by atoms with E-state index in [9.17, 15) is 0 Å². The van der Waals surface area contributed by atoms with E-state index in [1.54, 1.807) is 0 Å². The van der Waals surface area contributed by atoms with Crippen molar-refractivity contribution in [3.8, 4) is 0 Å². The Balaban J connectivity index is 0.00000154. The molecule has 2 atom stereocenters. The molecule has 0 aliphatic rings. The molecule has 1 aromatic rings. The third-order valence-electron chi connectivity index (χ3n) is 3.35. The van der Waals surface area contributed by atoms with Crippen molar-refractivity contribution in [1.82, 2.24) is 4.90 Å². The fourth-order valence-corrected chi connectivity index (χ4v) is 2.46. The minimum Gasteiger partial charge on any atom is -0.306 e. The van der Waals surface area contributed by atoms with Gasteiger partial charge in [-0.15, -0.1) is 0 Å². The molecule has 19 heavy (non-hydrogen) atoms. The quantitative estimate of drug-likeness (QED) is 0.695. The van der Waals surface area contributed by atoms with Crippen LogP contribution in [0.15, 0.2) is 24.3 Å². The molecule has 1 nitrogen and oxygen atoms in total. The molecule has 0 aliphatic carbocycles. The normalized spacial score (nSPS) is 14.0. The molecule has 1 rings (SSSR count). The second-order valence-corrected chi connectivity index (χ2v) is 5.94. The molecule has 0 bridgehead atoms. The minimum atomic E-state index is 0.532. The van der Waals surface area contributed by atoms with E-state index >= 15 is 0 Å². The highest BCUT2D eigenvalue weighted by Crippen LogP contribution is 2.27. The zero-order valence-corrected chi connectivity index (χ0v) is 14.3. The summed E-state index contributed by atoms with van der Waals surface area (Å²) in [6.07, 6.45) is 1.22. The van der Waals surface area contributed by atoms with Gasteiger partial charge in [-0.2, -0.15) is 0 Å². The van der Waals surface area contributed by atoms with Gasteiger partial charge in [0.1, 0.15) is 0 Å². The van der Waals surface area contributed by atoms with Crippen molar-refractivity contribution >= 4 is 11.6 Å². The van der Waals surface area contributed by atoms with Crippen LogP contribution in [0.2, 0.25) is 5.02 Å². The van der Waals surface area contributed by atoms with Gasteiger partial charge in [-0.25, -0.2) is 0 Å². The number of benzene rings is 1. The van der Waals surface area contributed by atoms with E-state index in [1.807, 2.05) is 26.0 Å². The average molecular weight is 284 g/mol. The number of hydrogen-bond donors (Lipinski definition) is 0. The number of rotatable bonds is 5. The lowest BCUT2D eigenvalue weighted by atomic mass is 9.87. The monoisotopic (exact) mass is 283 g/mol. The summed E-state index contributed by atoms with van der Waals surface area (Å²) in [5.41, 5.74) is 1.37. The van der Waals surface area contributed by atoms with Gasteiger partial charge in [-0.3, -0.25) is 0 Å². The zero-order valence-electron chi connectivity index (χ0n) is 13.6. The summed E-state index contributed by atoms with van der Waals surface area (Å²) in [6, 6.07) is 8.83. The van der Waals surface area contributed by atoms with Gasteiger partial charge >= 0.3 is 0 Å². The Morgan fingerprint density at radius 3 is 1.84 bits per heavy atom. The molecule has 0 amide bonds. The van der Waals surface area contributed by atoms with Crippen molar-refractivity contribution in [2.75, 3.05) is 14.1 Å². The van der Waals surface area contributed by atoms with Crippen LogP contribution < -0.4 is 0 Å². The minimum absolute atomic E-state index is 0.532. The molecular weight excluding hydrogens is 254 g/mol. The van der Waals surface area contributed by atoms with Gasteiger partial charge < -0.3 is 4.90 Å². The average Bonchev–Trinajstić information content (AvgIpc) is 2.38. The highest BCUT2D eigenvalue weighted by molar-refractivity contribution is 6.30. The van der Waals surface area contributed by atoms with Crippen LogP contribution >= 0.6 is 11.6 Å². The Hall–Kier alpha value is -0.530. The maximum Gasteiger partial charge on any atom is 0.0406 e.